The first kappa shape index (κ1) is 16.4. The fraction of sp³-hybridized carbons (Fsp3) is 0.105. The Labute approximate surface area is 154 Å². The molecule has 0 radical (unpaired) electrons. The van der Waals surface area contributed by atoms with Gasteiger partial charge in [0.1, 0.15) is 5.65 Å². The molecule has 0 aliphatic rings. The van der Waals surface area contributed by atoms with Gasteiger partial charge in [-0.3, -0.25) is 4.40 Å². The van der Waals surface area contributed by atoms with Crippen LogP contribution in [0.1, 0.15) is 16.1 Å². The van der Waals surface area contributed by atoms with Crippen molar-refractivity contribution in [2.45, 2.75) is 6.92 Å². The number of benzene rings is 2. The van der Waals surface area contributed by atoms with Crippen LogP contribution in [-0.2, 0) is 4.74 Å². The van der Waals surface area contributed by atoms with Gasteiger partial charge in [0.05, 0.1) is 23.9 Å². The monoisotopic (exact) mass is 366 g/mol. The Bertz CT molecular complexity index is 1150. The Morgan fingerprint density at radius 2 is 2.04 bits per heavy atom. The molecule has 0 aliphatic heterocycles. The van der Waals surface area contributed by atoms with Crippen LogP contribution in [0.5, 0.6) is 0 Å². The number of fused-ring (bicyclic) bond motifs is 3. The van der Waals surface area contributed by atoms with Crippen molar-refractivity contribution in [1.29, 1.82) is 0 Å². The maximum Gasteiger partial charge on any atom is 0.337 e. The molecule has 0 fully saturated rings. The molecular weight excluding hydrogens is 352 g/mol. The number of imidazole rings is 1. The van der Waals surface area contributed by atoms with Crippen molar-refractivity contribution >= 4 is 45.8 Å². The molecule has 0 bridgehead atoms. The Hall–Kier alpha value is -3.12. The highest BCUT2D eigenvalue weighted by Crippen LogP contribution is 2.26. The Morgan fingerprint density at radius 1 is 1.19 bits per heavy atom. The lowest BCUT2D eigenvalue weighted by atomic mass is 10.1. The first-order valence-electron chi connectivity index (χ1n) is 7.95. The SMILES string of the molecule is COC(=O)c1ccc2nc(Nc3cccc(Cl)c3)n3cc(C)nc3c2c1. The van der Waals surface area contributed by atoms with Gasteiger partial charge in [0.15, 0.2) is 0 Å². The molecule has 130 valence electrons. The third-order valence-corrected chi connectivity index (χ3v) is 4.26. The number of halogens is 1. The third-order valence-electron chi connectivity index (χ3n) is 4.02. The van der Waals surface area contributed by atoms with Gasteiger partial charge in [0, 0.05) is 22.3 Å². The second-order valence-electron chi connectivity index (χ2n) is 5.87. The molecule has 4 aromatic rings. The summed E-state index contributed by atoms with van der Waals surface area (Å²) in [4.78, 5) is 21.1. The molecule has 26 heavy (non-hydrogen) atoms. The normalized spacial score (nSPS) is 11.0. The fourth-order valence-corrected chi connectivity index (χ4v) is 3.05. The fourth-order valence-electron chi connectivity index (χ4n) is 2.86. The van der Waals surface area contributed by atoms with Crippen LogP contribution in [0.15, 0.2) is 48.7 Å². The lowest BCUT2D eigenvalue weighted by Crippen LogP contribution is -2.04. The van der Waals surface area contributed by atoms with Crippen molar-refractivity contribution in [2.24, 2.45) is 0 Å². The Balaban J connectivity index is 1.92. The van der Waals surface area contributed by atoms with Crippen LogP contribution in [0.2, 0.25) is 5.02 Å². The van der Waals surface area contributed by atoms with E-state index in [1.54, 1.807) is 18.2 Å². The highest BCUT2D eigenvalue weighted by atomic mass is 35.5. The van der Waals surface area contributed by atoms with Crippen molar-refractivity contribution < 1.29 is 9.53 Å². The quantitative estimate of drug-likeness (QED) is 0.545. The number of hydrogen-bond acceptors (Lipinski definition) is 5. The van der Waals surface area contributed by atoms with Gasteiger partial charge in [0.25, 0.3) is 0 Å². The second-order valence-corrected chi connectivity index (χ2v) is 6.31. The number of nitrogens with one attached hydrogen (secondary N) is 1. The largest absolute Gasteiger partial charge is 0.465 e. The van der Waals surface area contributed by atoms with E-state index in [4.69, 9.17) is 16.3 Å². The number of carbonyl (C=O) groups is 1. The van der Waals surface area contributed by atoms with Gasteiger partial charge < -0.3 is 10.1 Å². The Morgan fingerprint density at radius 3 is 2.81 bits per heavy atom. The lowest BCUT2D eigenvalue weighted by Gasteiger charge is -2.11. The van der Waals surface area contributed by atoms with Gasteiger partial charge >= 0.3 is 5.97 Å². The molecule has 2 aromatic heterocycles. The number of anilines is 2. The number of esters is 1. The summed E-state index contributed by atoms with van der Waals surface area (Å²) in [7, 11) is 1.36. The van der Waals surface area contributed by atoms with Crippen LogP contribution in [0.3, 0.4) is 0 Å². The molecule has 2 aromatic carbocycles. The number of hydrogen-bond donors (Lipinski definition) is 1. The molecule has 1 N–H and O–H groups in total. The summed E-state index contributed by atoms with van der Waals surface area (Å²) in [6.45, 7) is 1.91. The van der Waals surface area contributed by atoms with Crippen molar-refractivity contribution in [1.82, 2.24) is 14.4 Å². The molecule has 0 amide bonds. The van der Waals surface area contributed by atoms with Gasteiger partial charge in [-0.15, -0.1) is 0 Å². The molecule has 6 nitrogen and oxygen atoms in total. The molecule has 0 aliphatic carbocycles. The minimum atomic E-state index is -0.394. The summed E-state index contributed by atoms with van der Waals surface area (Å²) >= 11 is 6.07. The third kappa shape index (κ3) is 2.84. The molecule has 4 rings (SSSR count). The number of aryl methyl sites for hydroxylation is 1. The number of nitrogens with zero attached hydrogens (tertiary/aromatic N) is 3. The van der Waals surface area contributed by atoms with Gasteiger partial charge in [0.2, 0.25) is 5.95 Å². The zero-order chi connectivity index (χ0) is 18.3. The lowest BCUT2D eigenvalue weighted by molar-refractivity contribution is 0.0601. The average molecular weight is 367 g/mol. The van der Waals surface area contributed by atoms with E-state index in [1.807, 2.05) is 41.8 Å². The number of rotatable bonds is 3. The first-order valence-corrected chi connectivity index (χ1v) is 8.33. The van der Waals surface area contributed by atoms with E-state index in [-0.39, 0.29) is 0 Å². The van der Waals surface area contributed by atoms with E-state index >= 15 is 0 Å². The Kier molecular flexibility index (Phi) is 3.97. The van der Waals surface area contributed by atoms with Crippen molar-refractivity contribution in [3.63, 3.8) is 0 Å². The highest BCUT2D eigenvalue weighted by Gasteiger charge is 2.14. The van der Waals surface area contributed by atoms with E-state index in [0.29, 0.717) is 22.2 Å². The molecule has 0 saturated carbocycles. The molecule has 2 heterocycles. The average Bonchev–Trinajstić information content (AvgIpc) is 3.03. The molecular formula is C19H15ClN4O2. The second kappa shape index (κ2) is 6.31. The number of carbonyl (C=O) groups excluding carboxylic acids is 1. The van der Waals surface area contributed by atoms with Crippen LogP contribution in [0.4, 0.5) is 11.6 Å². The summed E-state index contributed by atoms with van der Waals surface area (Å²) in [5.74, 6) is 0.218. The van der Waals surface area contributed by atoms with Crippen molar-refractivity contribution in [2.75, 3.05) is 12.4 Å². The summed E-state index contributed by atoms with van der Waals surface area (Å²) in [5, 5.41) is 4.69. The van der Waals surface area contributed by atoms with Gasteiger partial charge in [-0.1, -0.05) is 17.7 Å². The zero-order valence-electron chi connectivity index (χ0n) is 14.2. The molecule has 7 heteroatoms. The summed E-state index contributed by atoms with van der Waals surface area (Å²) < 4.78 is 6.67. The maximum absolute atomic E-state index is 11.8. The number of methoxy groups -OCH3 is 1. The smallest absolute Gasteiger partial charge is 0.337 e. The topological polar surface area (TPSA) is 68.5 Å². The van der Waals surface area contributed by atoms with E-state index < -0.39 is 5.97 Å². The van der Waals surface area contributed by atoms with Gasteiger partial charge in [-0.05, 0) is 43.3 Å². The molecule has 0 unspecified atom stereocenters. The minimum absolute atomic E-state index is 0.394. The van der Waals surface area contributed by atoms with Crippen LogP contribution in [0, 0.1) is 6.92 Å². The van der Waals surface area contributed by atoms with Crippen molar-refractivity contribution in [3.05, 3.63) is 64.9 Å². The van der Waals surface area contributed by atoms with E-state index in [2.05, 4.69) is 15.3 Å². The zero-order valence-corrected chi connectivity index (χ0v) is 14.9. The molecule has 0 atom stereocenters. The van der Waals surface area contributed by atoms with Crippen LogP contribution in [-0.4, -0.2) is 27.4 Å². The van der Waals surface area contributed by atoms with Crippen molar-refractivity contribution in [3.8, 4) is 0 Å². The predicted molar refractivity (Wildman–Crippen MR) is 101 cm³/mol. The maximum atomic E-state index is 11.8. The summed E-state index contributed by atoms with van der Waals surface area (Å²) in [5.41, 5.74) is 3.56. The van der Waals surface area contributed by atoms with Gasteiger partial charge in [-0.2, -0.15) is 0 Å². The minimum Gasteiger partial charge on any atom is -0.465 e. The summed E-state index contributed by atoms with van der Waals surface area (Å²) in [6.07, 6.45) is 1.89. The number of aromatic nitrogens is 3. The molecule has 0 saturated heterocycles. The van der Waals surface area contributed by atoms with Crippen LogP contribution in [0.25, 0.3) is 16.6 Å². The summed E-state index contributed by atoms with van der Waals surface area (Å²) in [6, 6.07) is 12.6. The highest BCUT2D eigenvalue weighted by molar-refractivity contribution is 6.30. The van der Waals surface area contributed by atoms with E-state index in [1.165, 1.54) is 7.11 Å². The van der Waals surface area contributed by atoms with E-state index in [0.717, 1.165) is 22.3 Å². The van der Waals surface area contributed by atoms with E-state index in [9.17, 15) is 4.79 Å². The molecule has 0 spiro atoms. The number of ether oxygens (including phenoxy) is 1. The van der Waals surface area contributed by atoms with Crippen LogP contribution < -0.4 is 5.32 Å². The van der Waals surface area contributed by atoms with Crippen LogP contribution >= 0.6 is 11.6 Å². The predicted octanol–water partition coefficient (Wildman–Crippen LogP) is 4.37. The van der Waals surface area contributed by atoms with Gasteiger partial charge in [-0.25, -0.2) is 14.8 Å². The first-order chi connectivity index (χ1) is 12.5. The standard InChI is InChI=1S/C19H15ClN4O2/c1-11-10-24-17(21-11)15-8-12(18(25)26-2)6-7-16(15)23-19(24)22-14-5-3-4-13(20)9-14/h3-10H,1-2H3,(H,22,23).